The van der Waals surface area contributed by atoms with E-state index in [0.717, 1.165) is 43.2 Å². The van der Waals surface area contributed by atoms with Gasteiger partial charge in [0.15, 0.2) is 0 Å². The lowest BCUT2D eigenvalue weighted by atomic mass is 9.98. The maximum atomic E-state index is 12.7. The number of aromatic nitrogens is 2. The minimum Gasteiger partial charge on any atom is -0.331 e. The van der Waals surface area contributed by atoms with Gasteiger partial charge in [-0.25, -0.2) is 13.1 Å². The topological polar surface area (TPSA) is 84.3 Å². The first kappa shape index (κ1) is 16.2. The van der Waals surface area contributed by atoms with Crippen LogP contribution in [0.4, 0.5) is 0 Å². The SMILES string of the molecule is CS(=O)(=O)NCC1CN(C(=O)C2=CCCCC2)Cc2ccnn21. The standard InChI is InChI=1S/C15H22N4O3S/c1-23(21,22)17-9-14-11-18(10-13-7-8-16-19(13)14)15(20)12-5-3-2-4-6-12/h5,7-8,14,17H,2-4,6,9-11H2,1H3. The Morgan fingerprint density at radius 3 is 2.96 bits per heavy atom. The molecule has 3 rings (SSSR count). The van der Waals surface area contributed by atoms with Gasteiger partial charge in [-0.2, -0.15) is 5.10 Å². The van der Waals surface area contributed by atoms with Crippen molar-refractivity contribution in [3.63, 3.8) is 0 Å². The number of nitrogens with one attached hydrogen (secondary N) is 1. The summed E-state index contributed by atoms with van der Waals surface area (Å²) in [4.78, 5) is 14.5. The normalized spacial score (nSPS) is 21.7. The Balaban J connectivity index is 1.77. The van der Waals surface area contributed by atoms with Gasteiger partial charge in [-0.1, -0.05) is 6.08 Å². The molecule has 0 saturated heterocycles. The monoisotopic (exact) mass is 338 g/mol. The van der Waals surface area contributed by atoms with Crippen molar-refractivity contribution >= 4 is 15.9 Å². The summed E-state index contributed by atoms with van der Waals surface area (Å²) < 4.78 is 27.0. The highest BCUT2D eigenvalue weighted by Crippen LogP contribution is 2.25. The Morgan fingerprint density at radius 2 is 2.26 bits per heavy atom. The third-order valence-electron chi connectivity index (χ3n) is 4.32. The van der Waals surface area contributed by atoms with E-state index in [1.807, 2.05) is 21.7 Å². The first-order valence-corrected chi connectivity index (χ1v) is 9.78. The molecular formula is C15H22N4O3S. The number of carbonyl (C=O) groups excluding carboxylic acids is 1. The summed E-state index contributed by atoms with van der Waals surface area (Å²) in [6.07, 6.45) is 8.87. The van der Waals surface area contributed by atoms with Crippen LogP contribution in [0.1, 0.15) is 37.4 Å². The highest BCUT2D eigenvalue weighted by molar-refractivity contribution is 7.88. The average molecular weight is 338 g/mol. The van der Waals surface area contributed by atoms with Gasteiger partial charge in [0, 0.05) is 24.9 Å². The summed E-state index contributed by atoms with van der Waals surface area (Å²) in [5.74, 6) is 0.0708. The smallest absolute Gasteiger partial charge is 0.249 e. The summed E-state index contributed by atoms with van der Waals surface area (Å²) in [5, 5.41) is 4.27. The molecule has 8 heteroatoms. The summed E-state index contributed by atoms with van der Waals surface area (Å²) in [6, 6.07) is 1.69. The van der Waals surface area contributed by atoms with Crippen molar-refractivity contribution in [2.45, 2.75) is 38.3 Å². The molecule has 0 spiro atoms. The van der Waals surface area contributed by atoms with E-state index in [1.165, 1.54) is 0 Å². The molecule has 1 aromatic heterocycles. The summed E-state index contributed by atoms with van der Waals surface area (Å²) in [7, 11) is -3.27. The molecular weight excluding hydrogens is 316 g/mol. The molecule has 1 unspecified atom stereocenters. The Kier molecular flexibility index (Phi) is 4.54. The van der Waals surface area contributed by atoms with Crippen LogP contribution in [0.15, 0.2) is 23.9 Å². The first-order valence-electron chi connectivity index (χ1n) is 7.89. The largest absolute Gasteiger partial charge is 0.331 e. The lowest BCUT2D eigenvalue weighted by molar-refractivity contribution is -0.129. The zero-order chi connectivity index (χ0) is 16.4. The van der Waals surface area contributed by atoms with Crippen molar-refractivity contribution in [3.8, 4) is 0 Å². The molecule has 0 saturated carbocycles. The minimum atomic E-state index is -3.27. The first-order chi connectivity index (χ1) is 10.9. The molecule has 2 aliphatic rings. The number of sulfonamides is 1. The number of nitrogens with zero attached hydrogens (tertiary/aromatic N) is 3. The van der Waals surface area contributed by atoms with Gasteiger partial charge < -0.3 is 4.90 Å². The predicted octanol–water partition coefficient (Wildman–Crippen LogP) is 0.816. The van der Waals surface area contributed by atoms with Gasteiger partial charge in [-0.05, 0) is 31.7 Å². The fourth-order valence-electron chi connectivity index (χ4n) is 3.18. The number of hydrogen-bond donors (Lipinski definition) is 1. The predicted molar refractivity (Wildman–Crippen MR) is 86.1 cm³/mol. The highest BCUT2D eigenvalue weighted by Gasteiger charge is 2.30. The zero-order valence-corrected chi connectivity index (χ0v) is 14.1. The summed E-state index contributed by atoms with van der Waals surface area (Å²) in [5.41, 5.74) is 1.82. The van der Waals surface area contributed by atoms with E-state index in [4.69, 9.17) is 0 Å². The molecule has 1 atom stereocenters. The van der Waals surface area contributed by atoms with E-state index in [-0.39, 0.29) is 18.5 Å². The molecule has 1 aliphatic heterocycles. The van der Waals surface area contributed by atoms with Gasteiger partial charge in [0.05, 0.1) is 24.5 Å². The Morgan fingerprint density at radius 1 is 1.43 bits per heavy atom. The van der Waals surface area contributed by atoms with E-state index < -0.39 is 10.0 Å². The lowest BCUT2D eigenvalue weighted by Gasteiger charge is -2.34. The summed E-state index contributed by atoms with van der Waals surface area (Å²) >= 11 is 0. The van der Waals surface area contributed by atoms with Crippen molar-refractivity contribution in [1.29, 1.82) is 0 Å². The number of allylic oxidation sites excluding steroid dienone is 1. The molecule has 0 bridgehead atoms. The molecule has 126 valence electrons. The third kappa shape index (κ3) is 3.81. The fourth-order valence-corrected chi connectivity index (χ4v) is 3.67. The van der Waals surface area contributed by atoms with Crippen LogP contribution in [-0.2, 0) is 21.4 Å². The van der Waals surface area contributed by atoms with Gasteiger partial charge in [-0.15, -0.1) is 0 Å². The van der Waals surface area contributed by atoms with Crippen molar-refractivity contribution in [2.24, 2.45) is 0 Å². The number of amides is 1. The van der Waals surface area contributed by atoms with Crippen molar-refractivity contribution in [1.82, 2.24) is 19.4 Å². The van der Waals surface area contributed by atoms with E-state index in [2.05, 4.69) is 9.82 Å². The van der Waals surface area contributed by atoms with Gasteiger partial charge in [0.1, 0.15) is 0 Å². The number of carbonyl (C=O) groups is 1. The van der Waals surface area contributed by atoms with Crippen LogP contribution in [0.2, 0.25) is 0 Å². The molecule has 7 nitrogen and oxygen atoms in total. The van der Waals surface area contributed by atoms with Crippen molar-refractivity contribution < 1.29 is 13.2 Å². The van der Waals surface area contributed by atoms with Crippen LogP contribution in [-0.4, -0.2) is 48.4 Å². The van der Waals surface area contributed by atoms with E-state index in [0.29, 0.717) is 13.1 Å². The van der Waals surface area contributed by atoms with Crippen LogP contribution < -0.4 is 4.72 Å². The maximum absolute atomic E-state index is 12.7. The van der Waals surface area contributed by atoms with Crippen LogP contribution in [0.3, 0.4) is 0 Å². The molecule has 0 aromatic carbocycles. The van der Waals surface area contributed by atoms with Crippen LogP contribution in [0.5, 0.6) is 0 Å². The van der Waals surface area contributed by atoms with E-state index in [9.17, 15) is 13.2 Å². The molecule has 23 heavy (non-hydrogen) atoms. The lowest BCUT2D eigenvalue weighted by Crippen LogP contribution is -2.45. The number of rotatable bonds is 4. The van der Waals surface area contributed by atoms with Gasteiger partial charge in [0.25, 0.3) is 0 Å². The van der Waals surface area contributed by atoms with Crippen molar-refractivity contribution in [2.75, 3.05) is 19.3 Å². The van der Waals surface area contributed by atoms with Crippen LogP contribution in [0.25, 0.3) is 0 Å². The van der Waals surface area contributed by atoms with Crippen LogP contribution >= 0.6 is 0 Å². The molecule has 0 radical (unpaired) electrons. The van der Waals surface area contributed by atoms with E-state index in [1.54, 1.807) is 6.20 Å². The highest BCUT2D eigenvalue weighted by atomic mass is 32.2. The minimum absolute atomic E-state index is 0.0708. The molecule has 1 N–H and O–H groups in total. The maximum Gasteiger partial charge on any atom is 0.249 e. The van der Waals surface area contributed by atoms with Crippen molar-refractivity contribution in [3.05, 3.63) is 29.6 Å². The molecule has 1 aromatic rings. The molecule has 1 aliphatic carbocycles. The second-order valence-corrected chi connectivity index (χ2v) is 8.04. The van der Waals surface area contributed by atoms with Gasteiger partial charge >= 0.3 is 0 Å². The Hall–Kier alpha value is -1.67. The second-order valence-electron chi connectivity index (χ2n) is 6.20. The summed E-state index contributed by atoms with van der Waals surface area (Å²) in [6.45, 7) is 1.22. The number of fused-ring (bicyclic) bond motifs is 1. The quantitative estimate of drug-likeness (QED) is 0.881. The second kappa shape index (κ2) is 6.45. The molecule has 1 amide bonds. The third-order valence-corrected chi connectivity index (χ3v) is 5.01. The Labute approximate surface area is 136 Å². The molecule has 0 fully saturated rings. The zero-order valence-electron chi connectivity index (χ0n) is 13.2. The van der Waals surface area contributed by atoms with Gasteiger partial charge in [0.2, 0.25) is 15.9 Å². The van der Waals surface area contributed by atoms with Crippen LogP contribution in [0, 0.1) is 0 Å². The van der Waals surface area contributed by atoms with Gasteiger partial charge in [-0.3, -0.25) is 9.48 Å². The average Bonchev–Trinajstić information content (AvgIpc) is 3.00. The molecule has 2 heterocycles. The Bertz CT molecular complexity index is 723. The number of hydrogen-bond acceptors (Lipinski definition) is 4. The van der Waals surface area contributed by atoms with E-state index >= 15 is 0 Å². The fraction of sp³-hybridized carbons (Fsp3) is 0.600.